The van der Waals surface area contributed by atoms with Crippen molar-refractivity contribution < 1.29 is 19.6 Å². The number of rotatable bonds is 14. The topological polar surface area (TPSA) is 96.4 Å². The van der Waals surface area contributed by atoms with Crippen LogP contribution in [0.2, 0.25) is 0 Å². The Balaban J connectivity index is 1.60. The number of carbonyl (C=O) groups excluding carboxylic acids is 3. The molecule has 270 valence electrons. The lowest BCUT2D eigenvalue weighted by Gasteiger charge is -2.51. The van der Waals surface area contributed by atoms with E-state index in [9.17, 15) is 19.6 Å². The molecule has 3 aromatic rings. The first-order valence-electron chi connectivity index (χ1n) is 17.9. The SMILES string of the molecule is CCN(C(=O)CN(C(=O)CN(C(=O)CNC1CC(C)(C)N(O)C(C)(C)C1)C(C)c1ccccc1)[C@@H](C)c1ccccc1)C(C)c1ccccc1. The molecular formula is C41H57N5O4. The summed E-state index contributed by atoms with van der Waals surface area (Å²) in [5.41, 5.74) is 1.90. The quantitative estimate of drug-likeness (QED) is 0.195. The van der Waals surface area contributed by atoms with Crippen molar-refractivity contribution in [1.29, 1.82) is 0 Å². The average Bonchev–Trinajstić information content (AvgIpc) is 3.11. The molecule has 9 heteroatoms. The summed E-state index contributed by atoms with van der Waals surface area (Å²) in [6.45, 7) is 16.0. The minimum absolute atomic E-state index is 0.00390. The van der Waals surface area contributed by atoms with E-state index in [0.717, 1.165) is 16.7 Å². The molecule has 2 N–H and O–H groups in total. The molecule has 3 aromatic carbocycles. The smallest absolute Gasteiger partial charge is 0.243 e. The Bertz CT molecular complexity index is 1530. The van der Waals surface area contributed by atoms with Crippen LogP contribution in [0.5, 0.6) is 0 Å². The van der Waals surface area contributed by atoms with Crippen LogP contribution >= 0.6 is 0 Å². The number of amides is 3. The maximum Gasteiger partial charge on any atom is 0.243 e. The second-order valence-corrected chi connectivity index (χ2v) is 14.9. The third-order valence-corrected chi connectivity index (χ3v) is 10.3. The molecule has 1 aliphatic heterocycles. The molecule has 1 fully saturated rings. The monoisotopic (exact) mass is 683 g/mol. The van der Waals surface area contributed by atoms with Crippen molar-refractivity contribution in [3.63, 3.8) is 0 Å². The minimum atomic E-state index is -0.472. The highest BCUT2D eigenvalue weighted by Crippen LogP contribution is 2.36. The zero-order valence-corrected chi connectivity index (χ0v) is 31.2. The number of nitrogens with zero attached hydrogens (tertiary/aromatic N) is 4. The Morgan fingerprint density at radius 3 is 1.38 bits per heavy atom. The summed E-state index contributed by atoms with van der Waals surface area (Å²) in [5.74, 6) is -0.663. The number of hydroxylamine groups is 2. The molecule has 50 heavy (non-hydrogen) atoms. The second-order valence-electron chi connectivity index (χ2n) is 14.9. The van der Waals surface area contributed by atoms with Crippen LogP contribution in [0.3, 0.4) is 0 Å². The summed E-state index contributed by atoms with van der Waals surface area (Å²) in [6.07, 6.45) is 1.32. The third kappa shape index (κ3) is 9.38. The van der Waals surface area contributed by atoms with Gasteiger partial charge in [0.05, 0.1) is 24.7 Å². The van der Waals surface area contributed by atoms with Crippen LogP contribution in [0.1, 0.15) is 103 Å². The molecule has 0 bridgehead atoms. The fourth-order valence-electron chi connectivity index (χ4n) is 7.50. The molecule has 0 radical (unpaired) electrons. The van der Waals surface area contributed by atoms with Gasteiger partial charge in [-0.25, -0.2) is 0 Å². The molecule has 3 atom stereocenters. The Morgan fingerprint density at radius 2 is 1.00 bits per heavy atom. The molecule has 1 saturated heterocycles. The second kappa shape index (κ2) is 16.8. The highest BCUT2D eigenvalue weighted by Gasteiger charge is 2.45. The maximum atomic E-state index is 14.5. The third-order valence-electron chi connectivity index (χ3n) is 10.3. The minimum Gasteiger partial charge on any atom is -0.335 e. The number of hydrogen-bond acceptors (Lipinski definition) is 6. The summed E-state index contributed by atoms with van der Waals surface area (Å²) >= 11 is 0. The number of hydrogen-bond donors (Lipinski definition) is 2. The van der Waals surface area contributed by atoms with Gasteiger partial charge in [0, 0.05) is 23.7 Å². The fourth-order valence-corrected chi connectivity index (χ4v) is 7.50. The molecule has 9 nitrogen and oxygen atoms in total. The number of piperidine rings is 1. The van der Waals surface area contributed by atoms with E-state index in [-0.39, 0.29) is 49.4 Å². The van der Waals surface area contributed by atoms with Crippen LogP contribution in [-0.2, 0) is 14.4 Å². The van der Waals surface area contributed by atoms with Gasteiger partial charge in [0.15, 0.2) is 0 Å². The summed E-state index contributed by atoms with van der Waals surface area (Å²) < 4.78 is 0. The zero-order chi connectivity index (χ0) is 36.6. The van der Waals surface area contributed by atoms with Crippen LogP contribution in [0.4, 0.5) is 0 Å². The van der Waals surface area contributed by atoms with Gasteiger partial charge in [-0.05, 0) is 84.9 Å². The lowest BCUT2D eigenvalue weighted by atomic mass is 9.79. The van der Waals surface area contributed by atoms with Gasteiger partial charge in [-0.1, -0.05) is 91.0 Å². The first kappa shape index (κ1) is 38.7. The molecule has 1 aliphatic rings. The molecule has 0 aliphatic carbocycles. The Kier molecular flexibility index (Phi) is 13.0. The summed E-state index contributed by atoms with van der Waals surface area (Å²) in [7, 11) is 0. The van der Waals surface area contributed by atoms with Crippen molar-refractivity contribution in [1.82, 2.24) is 25.1 Å². The van der Waals surface area contributed by atoms with E-state index < -0.39 is 23.2 Å². The lowest BCUT2D eigenvalue weighted by molar-refractivity contribution is -0.246. The van der Waals surface area contributed by atoms with Crippen LogP contribution in [0.15, 0.2) is 91.0 Å². The van der Waals surface area contributed by atoms with E-state index >= 15 is 0 Å². The molecular weight excluding hydrogens is 626 g/mol. The van der Waals surface area contributed by atoms with Gasteiger partial charge < -0.3 is 25.2 Å². The largest absolute Gasteiger partial charge is 0.335 e. The van der Waals surface area contributed by atoms with Crippen molar-refractivity contribution >= 4 is 17.7 Å². The number of likely N-dealkylation sites (N-methyl/N-ethyl adjacent to an activating group) is 1. The van der Waals surface area contributed by atoms with Gasteiger partial charge in [-0.15, -0.1) is 0 Å². The van der Waals surface area contributed by atoms with Gasteiger partial charge in [0.1, 0.15) is 13.1 Å². The number of carbonyl (C=O) groups is 3. The predicted molar refractivity (Wildman–Crippen MR) is 198 cm³/mol. The van der Waals surface area contributed by atoms with E-state index in [1.165, 1.54) is 5.06 Å². The number of benzene rings is 3. The van der Waals surface area contributed by atoms with Gasteiger partial charge in [-0.3, -0.25) is 14.4 Å². The van der Waals surface area contributed by atoms with Crippen LogP contribution < -0.4 is 5.32 Å². The lowest BCUT2D eigenvalue weighted by Crippen LogP contribution is -2.63. The average molecular weight is 684 g/mol. The fraction of sp³-hybridized carbons (Fsp3) is 0.488. The molecule has 4 rings (SSSR count). The van der Waals surface area contributed by atoms with Crippen LogP contribution in [-0.4, -0.2) is 86.0 Å². The van der Waals surface area contributed by atoms with E-state index in [0.29, 0.717) is 19.4 Å². The summed E-state index contributed by atoms with van der Waals surface area (Å²) in [5, 5.41) is 15.7. The predicted octanol–water partition coefficient (Wildman–Crippen LogP) is 6.78. The maximum absolute atomic E-state index is 14.5. The Labute approximate surface area is 299 Å². The first-order valence-corrected chi connectivity index (χ1v) is 17.9. The van der Waals surface area contributed by atoms with Gasteiger partial charge >= 0.3 is 0 Å². The Morgan fingerprint density at radius 1 is 0.660 bits per heavy atom. The number of nitrogens with one attached hydrogen (secondary N) is 1. The normalized spacial score (nSPS) is 17.7. The highest BCUT2D eigenvalue weighted by atomic mass is 16.5. The van der Waals surface area contributed by atoms with E-state index in [4.69, 9.17) is 0 Å². The standard InChI is InChI=1S/C41H57N5O4/c1-9-43(30(2)33-19-13-10-14-20-33)38(48)28-45(32(4)35-23-17-12-18-24-35)39(49)29-44(31(3)34-21-15-11-16-22-34)37(47)27-42-36-25-40(5,6)46(50)41(7,8)26-36/h10-24,30-32,36,42,50H,9,25-29H2,1-8H3/t30?,31?,32-/m0/s1. The Hall–Kier alpha value is -4.05. The van der Waals surface area contributed by atoms with Crippen molar-refractivity contribution in [2.24, 2.45) is 0 Å². The first-order chi connectivity index (χ1) is 23.7. The van der Waals surface area contributed by atoms with E-state index in [1.54, 1.807) is 14.7 Å². The highest BCUT2D eigenvalue weighted by molar-refractivity contribution is 5.89. The van der Waals surface area contributed by atoms with Gasteiger partial charge in [0.25, 0.3) is 0 Å². The van der Waals surface area contributed by atoms with E-state index in [2.05, 4.69) is 5.32 Å². The van der Waals surface area contributed by atoms with Crippen molar-refractivity contribution in [2.45, 2.75) is 103 Å². The molecule has 0 saturated carbocycles. The van der Waals surface area contributed by atoms with Crippen molar-refractivity contribution in [3.05, 3.63) is 108 Å². The van der Waals surface area contributed by atoms with Crippen LogP contribution in [0.25, 0.3) is 0 Å². The summed E-state index contributed by atoms with van der Waals surface area (Å²) in [4.78, 5) is 47.8. The van der Waals surface area contributed by atoms with Gasteiger partial charge in [-0.2, -0.15) is 5.06 Å². The molecule has 0 aromatic heterocycles. The molecule has 2 unspecified atom stereocenters. The van der Waals surface area contributed by atoms with Gasteiger partial charge in [0.2, 0.25) is 17.7 Å². The zero-order valence-electron chi connectivity index (χ0n) is 31.2. The summed E-state index contributed by atoms with van der Waals surface area (Å²) in [6, 6.07) is 28.3. The molecule has 0 spiro atoms. The molecule has 3 amide bonds. The van der Waals surface area contributed by atoms with Crippen molar-refractivity contribution in [2.75, 3.05) is 26.2 Å². The van der Waals surface area contributed by atoms with Crippen molar-refractivity contribution in [3.8, 4) is 0 Å². The molecule has 1 heterocycles. The van der Waals surface area contributed by atoms with E-state index in [1.807, 2.05) is 146 Å². The van der Waals surface area contributed by atoms with Crippen LogP contribution in [0, 0.1) is 0 Å².